The first kappa shape index (κ1) is 27.4. The number of amides is 1. The molecule has 0 saturated carbocycles. The van der Waals surface area contributed by atoms with Crippen LogP contribution in [0.3, 0.4) is 0 Å². The molecule has 0 spiro atoms. The Hall–Kier alpha value is -1.57. The molecule has 1 atom stereocenters. The highest BCUT2D eigenvalue weighted by Gasteiger charge is 2.30. The minimum absolute atomic E-state index is 0.154. The lowest BCUT2D eigenvalue weighted by Gasteiger charge is -2.24. The standard InChI is InChI=1S/C12H23NO2S.C7H5F3O.C2H6/c1-12(2,3)15-11(14)13-7-5-10(9-13)6-8-16-4;8-7(9,10)5-1-3-6(11)4-2-5;1-2/h10H,5-9H2,1-4H3;1-4,11H;1-2H3. The zero-order chi connectivity index (χ0) is 22.7. The highest BCUT2D eigenvalue weighted by molar-refractivity contribution is 7.98. The molecule has 0 bridgehead atoms. The summed E-state index contributed by atoms with van der Waals surface area (Å²) < 4.78 is 40.9. The van der Waals surface area contributed by atoms with Crippen LogP contribution >= 0.6 is 11.8 Å². The molecule has 8 heteroatoms. The summed E-state index contributed by atoms with van der Waals surface area (Å²) in [6.45, 7) is 11.5. The Morgan fingerprint density at radius 2 is 1.76 bits per heavy atom. The number of hydrogen-bond donors (Lipinski definition) is 1. The first-order valence-corrected chi connectivity index (χ1v) is 11.1. The second-order valence-corrected chi connectivity index (χ2v) is 8.39. The van der Waals surface area contributed by atoms with E-state index in [2.05, 4.69) is 6.26 Å². The molecule has 1 N–H and O–H groups in total. The van der Waals surface area contributed by atoms with Crippen molar-refractivity contribution in [3.63, 3.8) is 0 Å². The number of benzene rings is 1. The fourth-order valence-electron chi connectivity index (χ4n) is 2.50. The highest BCUT2D eigenvalue weighted by Crippen LogP contribution is 2.29. The van der Waals surface area contributed by atoms with Crippen LogP contribution in [0.1, 0.15) is 53.0 Å². The maximum absolute atomic E-state index is 11.8. The number of hydrogen-bond acceptors (Lipinski definition) is 4. The van der Waals surface area contributed by atoms with Crippen LogP contribution in [0.5, 0.6) is 5.75 Å². The minimum atomic E-state index is -4.33. The summed E-state index contributed by atoms with van der Waals surface area (Å²) in [7, 11) is 0. The van der Waals surface area contributed by atoms with Gasteiger partial charge in [0.25, 0.3) is 0 Å². The van der Waals surface area contributed by atoms with Crippen LogP contribution in [0.25, 0.3) is 0 Å². The molecule has 1 heterocycles. The van der Waals surface area contributed by atoms with Crippen LogP contribution in [0.15, 0.2) is 24.3 Å². The Kier molecular flexibility index (Phi) is 12.2. The van der Waals surface area contributed by atoms with Crippen molar-refractivity contribution in [3.8, 4) is 5.75 Å². The lowest BCUT2D eigenvalue weighted by atomic mass is 10.1. The van der Waals surface area contributed by atoms with Gasteiger partial charge < -0.3 is 14.7 Å². The van der Waals surface area contributed by atoms with Gasteiger partial charge in [0.15, 0.2) is 0 Å². The monoisotopic (exact) mass is 437 g/mol. The van der Waals surface area contributed by atoms with E-state index in [1.807, 2.05) is 51.3 Å². The zero-order valence-corrected chi connectivity index (χ0v) is 19.0. The predicted molar refractivity (Wildman–Crippen MR) is 113 cm³/mol. The van der Waals surface area contributed by atoms with Crippen LogP contribution in [0.4, 0.5) is 18.0 Å². The predicted octanol–water partition coefficient (Wildman–Crippen LogP) is 6.43. The first-order chi connectivity index (χ1) is 13.4. The molecule has 29 heavy (non-hydrogen) atoms. The Bertz CT molecular complexity index is 586. The number of thioether (sulfide) groups is 1. The van der Waals surface area contributed by atoms with E-state index < -0.39 is 11.7 Å². The van der Waals surface area contributed by atoms with E-state index in [4.69, 9.17) is 9.84 Å². The zero-order valence-electron chi connectivity index (χ0n) is 18.2. The van der Waals surface area contributed by atoms with E-state index in [1.165, 1.54) is 12.2 Å². The van der Waals surface area contributed by atoms with Crippen LogP contribution in [0.2, 0.25) is 0 Å². The molecule has 1 unspecified atom stereocenters. The average Bonchev–Trinajstić information content (AvgIpc) is 3.09. The van der Waals surface area contributed by atoms with Gasteiger partial charge in [0, 0.05) is 13.1 Å². The SMILES string of the molecule is CC.CSCCC1CCN(C(=O)OC(C)(C)C)C1.Oc1ccc(C(F)(F)F)cc1. The van der Waals surface area contributed by atoms with Crippen molar-refractivity contribution in [1.82, 2.24) is 4.90 Å². The van der Waals surface area contributed by atoms with Crippen LogP contribution in [-0.4, -0.2) is 46.8 Å². The second kappa shape index (κ2) is 12.9. The lowest BCUT2D eigenvalue weighted by molar-refractivity contribution is -0.137. The van der Waals surface area contributed by atoms with Gasteiger partial charge in [0.1, 0.15) is 11.4 Å². The summed E-state index contributed by atoms with van der Waals surface area (Å²) in [6, 6.07) is 3.66. The van der Waals surface area contributed by atoms with Crippen molar-refractivity contribution in [1.29, 1.82) is 0 Å². The molecule has 1 aromatic carbocycles. The Morgan fingerprint density at radius 1 is 1.21 bits per heavy atom. The third kappa shape index (κ3) is 11.9. The van der Waals surface area contributed by atoms with E-state index >= 15 is 0 Å². The molecule has 0 radical (unpaired) electrons. The number of phenolic OH excluding ortho intramolecular Hbond substituents is 1. The Labute approximate surface area is 176 Å². The Morgan fingerprint density at radius 3 is 2.21 bits per heavy atom. The van der Waals surface area contributed by atoms with Gasteiger partial charge in [-0.1, -0.05) is 13.8 Å². The number of nitrogens with zero attached hydrogens (tertiary/aromatic N) is 1. The third-order valence-electron chi connectivity index (χ3n) is 3.86. The number of aromatic hydroxyl groups is 1. The maximum Gasteiger partial charge on any atom is 0.416 e. The quantitative estimate of drug-likeness (QED) is 0.592. The molecule has 1 fully saturated rings. The topological polar surface area (TPSA) is 49.8 Å². The van der Waals surface area contributed by atoms with Crippen LogP contribution in [-0.2, 0) is 10.9 Å². The van der Waals surface area contributed by atoms with Crippen molar-refractivity contribution in [3.05, 3.63) is 29.8 Å². The summed E-state index contributed by atoms with van der Waals surface area (Å²) in [4.78, 5) is 13.6. The molecule has 1 saturated heterocycles. The van der Waals surface area contributed by atoms with Gasteiger partial charge in [-0.3, -0.25) is 0 Å². The van der Waals surface area contributed by atoms with E-state index in [-0.39, 0.29) is 17.4 Å². The molecule has 0 aliphatic carbocycles. The van der Waals surface area contributed by atoms with Crippen molar-refractivity contribution in [2.24, 2.45) is 5.92 Å². The van der Waals surface area contributed by atoms with E-state index in [1.54, 1.807) is 0 Å². The molecule has 1 aliphatic rings. The summed E-state index contributed by atoms with van der Waals surface area (Å²) >= 11 is 1.87. The summed E-state index contributed by atoms with van der Waals surface area (Å²) in [5.74, 6) is 1.69. The number of phenols is 1. The van der Waals surface area contributed by atoms with Gasteiger partial charge in [-0.25, -0.2) is 4.79 Å². The number of halogens is 3. The average molecular weight is 438 g/mol. The number of alkyl halides is 3. The molecule has 2 rings (SSSR count). The van der Waals surface area contributed by atoms with Gasteiger partial charge in [0.2, 0.25) is 0 Å². The van der Waals surface area contributed by atoms with E-state index in [0.29, 0.717) is 5.92 Å². The highest BCUT2D eigenvalue weighted by atomic mass is 32.2. The minimum Gasteiger partial charge on any atom is -0.508 e. The third-order valence-corrected chi connectivity index (χ3v) is 4.51. The van der Waals surface area contributed by atoms with E-state index in [9.17, 15) is 18.0 Å². The van der Waals surface area contributed by atoms with Gasteiger partial charge in [-0.2, -0.15) is 24.9 Å². The number of carbonyl (C=O) groups is 1. The van der Waals surface area contributed by atoms with Gasteiger partial charge in [-0.05, 0) is 75.8 Å². The Balaban J connectivity index is 0.000000526. The molecule has 4 nitrogen and oxygen atoms in total. The summed E-state index contributed by atoms with van der Waals surface area (Å²) in [6.07, 6.45) is -0.0201. The van der Waals surface area contributed by atoms with Crippen molar-refractivity contribution in [2.75, 3.05) is 25.1 Å². The molecule has 1 aromatic rings. The van der Waals surface area contributed by atoms with Crippen molar-refractivity contribution < 1.29 is 27.8 Å². The number of carbonyl (C=O) groups excluding carboxylic acids is 1. The summed E-state index contributed by atoms with van der Waals surface area (Å²) in [5, 5.41) is 8.66. The second-order valence-electron chi connectivity index (χ2n) is 7.41. The number of ether oxygens (including phenoxy) is 1. The van der Waals surface area contributed by atoms with Crippen molar-refractivity contribution >= 4 is 17.9 Å². The van der Waals surface area contributed by atoms with Gasteiger partial charge in [0.05, 0.1) is 5.56 Å². The molecular weight excluding hydrogens is 403 g/mol. The molecule has 168 valence electrons. The van der Waals surface area contributed by atoms with Gasteiger partial charge >= 0.3 is 12.3 Å². The number of likely N-dealkylation sites (tertiary alicyclic amines) is 1. The molecule has 0 aromatic heterocycles. The van der Waals surface area contributed by atoms with Gasteiger partial charge in [-0.15, -0.1) is 0 Å². The molecular formula is C21H34F3NO3S. The largest absolute Gasteiger partial charge is 0.508 e. The van der Waals surface area contributed by atoms with Crippen molar-refractivity contribution in [2.45, 2.75) is 59.2 Å². The fraction of sp³-hybridized carbons (Fsp3) is 0.667. The first-order valence-electron chi connectivity index (χ1n) is 9.75. The maximum atomic E-state index is 11.8. The molecule has 1 amide bonds. The fourth-order valence-corrected chi connectivity index (χ4v) is 3.06. The number of rotatable bonds is 3. The normalized spacial score (nSPS) is 16.3. The van der Waals surface area contributed by atoms with Crippen LogP contribution in [0, 0.1) is 5.92 Å². The molecule has 1 aliphatic heterocycles. The van der Waals surface area contributed by atoms with E-state index in [0.717, 1.165) is 43.8 Å². The van der Waals surface area contributed by atoms with Crippen LogP contribution < -0.4 is 0 Å². The lowest BCUT2D eigenvalue weighted by Crippen LogP contribution is -2.35. The smallest absolute Gasteiger partial charge is 0.416 e. The summed E-state index contributed by atoms with van der Waals surface area (Å²) in [5.41, 5.74) is -1.13.